The first-order valence-electron chi connectivity index (χ1n) is 11.3. The lowest BCUT2D eigenvalue weighted by Gasteiger charge is -2.48. The van der Waals surface area contributed by atoms with Crippen molar-refractivity contribution in [1.29, 1.82) is 0 Å². The zero-order valence-corrected chi connectivity index (χ0v) is 19.0. The predicted molar refractivity (Wildman–Crippen MR) is 123 cm³/mol. The number of aromatic nitrogens is 2. The van der Waals surface area contributed by atoms with Crippen molar-refractivity contribution in [3.8, 4) is 0 Å². The minimum atomic E-state index is -0.721. The molecule has 0 radical (unpaired) electrons. The third-order valence-electron chi connectivity index (χ3n) is 7.24. The number of aryl methyl sites for hydroxylation is 1. The molecule has 3 aromatic rings. The summed E-state index contributed by atoms with van der Waals surface area (Å²) < 4.78 is 7.84. The van der Waals surface area contributed by atoms with Gasteiger partial charge in [0.05, 0.1) is 6.54 Å². The van der Waals surface area contributed by atoms with Gasteiger partial charge in [0.1, 0.15) is 16.8 Å². The summed E-state index contributed by atoms with van der Waals surface area (Å²) in [4.78, 5) is 29.9. The van der Waals surface area contributed by atoms with E-state index in [2.05, 4.69) is 24.2 Å². The molecule has 0 aliphatic carbocycles. The van der Waals surface area contributed by atoms with E-state index >= 15 is 0 Å². The van der Waals surface area contributed by atoms with Gasteiger partial charge in [-0.2, -0.15) is 5.10 Å². The molecule has 2 fully saturated rings. The lowest BCUT2D eigenvalue weighted by molar-refractivity contribution is -0.0552. The van der Waals surface area contributed by atoms with E-state index in [1.807, 2.05) is 58.3 Å². The van der Waals surface area contributed by atoms with E-state index in [0.29, 0.717) is 38.2 Å². The van der Waals surface area contributed by atoms with Gasteiger partial charge in [-0.1, -0.05) is 60.7 Å². The number of carbonyl (C=O) groups excluding carboxylic acids is 2. The highest BCUT2D eigenvalue weighted by Crippen LogP contribution is 2.52. The first-order chi connectivity index (χ1) is 15.9. The number of likely N-dealkylation sites (tertiary alicyclic amines) is 1. The standard InChI is InChI=1S/C26H28N4O3/c1-25(21-11-7-4-8-12-21)26(33-24(32)30(25)19-20-9-5-3-6-10-20)14-17-29(18-15-26)23(31)22-13-16-28(2)27-22/h3-13,16H,14-15,17-19H2,1-2H3. The normalized spacial score (nSPS) is 21.9. The Labute approximate surface area is 193 Å². The Morgan fingerprint density at radius 1 is 1.00 bits per heavy atom. The average Bonchev–Trinajstić information content (AvgIpc) is 3.36. The lowest BCUT2D eigenvalue weighted by Crippen LogP contribution is -2.58. The molecule has 1 unspecified atom stereocenters. The molecule has 2 saturated heterocycles. The Bertz CT molecular complexity index is 1150. The zero-order valence-electron chi connectivity index (χ0n) is 19.0. The van der Waals surface area contributed by atoms with Gasteiger partial charge in [-0.15, -0.1) is 0 Å². The number of ether oxygens (including phenoxy) is 1. The van der Waals surface area contributed by atoms with E-state index < -0.39 is 11.1 Å². The number of hydrogen-bond acceptors (Lipinski definition) is 4. The van der Waals surface area contributed by atoms with Crippen LogP contribution >= 0.6 is 0 Å². The third-order valence-corrected chi connectivity index (χ3v) is 7.24. The van der Waals surface area contributed by atoms with Crippen LogP contribution in [0.4, 0.5) is 4.79 Å². The molecule has 170 valence electrons. The van der Waals surface area contributed by atoms with Crippen LogP contribution in [-0.2, 0) is 23.9 Å². The van der Waals surface area contributed by atoms with Crippen molar-refractivity contribution >= 4 is 12.0 Å². The molecular weight excluding hydrogens is 416 g/mol. The van der Waals surface area contributed by atoms with Crippen molar-refractivity contribution in [3.05, 3.63) is 89.7 Å². The first-order valence-corrected chi connectivity index (χ1v) is 11.3. The van der Waals surface area contributed by atoms with Crippen LogP contribution in [0.5, 0.6) is 0 Å². The van der Waals surface area contributed by atoms with E-state index in [9.17, 15) is 9.59 Å². The van der Waals surface area contributed by atoms with Gasteiger partial charge >= 0.3 is 6.09 Å². The third kappa shape index (κ3) is 3.48. The van der Waals surface area contributed by atoms with Crippen LogP contribution in [-0.4, -0.2) is 50.3 Å². The maximum atomic E-state index is 13.3. The molecule has 2 aliphatic heterocycles. The van der Waals surface area contributed by atoms with Gasteiger partial charge < -0.3 is 9.64 Å². The minimum absolute atomic E-state index is 0.0858. The quantitative estimate of drug-likeness (QED) is 0.611. The summed E-state index contributed by atoms with van der Waals surface area (Å²) >= 11 is 0. The molecule has 5 rings (SSSR count). The smallest absolute Gasteiger partial charge is 0.411 e. The molecule has 3 heterocycles. The zero-order chi connectivity index (χ0) is 23.1. The first kappa shape index (κ1) is 21.2. The van der Waals surface area contributed by atoms with E-state index in [1.54, 1.807) is 24.0 Å². The number of carbonyl (C=O) groups is 2. The highest BCUT2D eigenvalue weighted by Gasteiger charge is 2.63. The van der Waals surface area contributed by atoms with Gasteiger partial charge in [-0.05, 0) is 24.1 Å². The van der Waals surface area contributed by atoms with Crippen LogP contribution in [0.1, 0.15) is 41.4 Å². The fourth-order valence-electron chi connectivity index (χ4n) is 5.27. The molecule has 1 atom stereocenters. The topological polar surface area (TPSA) is 67.7 Å². The second-order valence-electron chi connectivity index (χ2n) is 9.04. The van der Waals surface area contributed by atoms with Crippen LogP contribution in [0, 0.1) is 0 Å². The summed E-state index contributed by atoms with van der Waals surface area (Å²) in [5.41, 5.74) is 1.14. The Hall–Kier alpha value is -3.61. The highest BCUT2D eigenvalue weighted by atomic mass is 16.6. The summed E-state index contributed by atoms with van der Waals surface area (Å²) in [6.07, 6.45) is 2.59. The van der Waals surface area contributed by atoms with Crippen molar-refractivity contribution in [3.63, 3.8) is 0 Å². The molecule has 7 nitrogen and oxygen atoms in total. The molecular formula is C26H28N4O3. The van der Waals surface area contributed by atoms with Crippen LogP contribution in [0.3, 0.4) is 0 Å². The number of benzene rings is 2. The Kier molecular flexibility index (Phi) is 5.19. The van der Waals surface area contributed by atoms with Gasteiger partial charge in [0.2, 0.25) is 0 Å². The van der Waals surface area contributed by atoms with Gasteiger partial charge in [0, 0.05) is 39.2 Å². The fourth-order valence-corrected chi connectivity index (χ4v) is 5.27. The number of amides is 2. The van der Waals surface area contributed by atoms with Crippen LogP contribution in [0.2, 0.25) is 0 Å². The van der Waals surface area contributed by atoms with Crippen LogP contribution in [0.15, 0.2) is 72.9 Å². The number of piperidine rings is 1. The van der Waals surface area contributed by atoms with Gasteiger partial charge in [0.15, 0.2) is 0 Å². The summed E-state index contributed by atoms with van der Waals surface area (Å²) in [6, 6.07) is 21.8. The summed E-state index contributed by atoms with van der Waals surface area (Å²) in [5, 5.41) is 4.25. The highest BCUT2D eigenvalue weighted by molar-refractivity contribution is 5.92. The van der Waals surface area contributed by atoms with Crippen molar-refractivity contribution in [2.24, 2.45) is 7.05 Å². The SMILES string of the molecule is Cn1ccc(C(=O)N2CCC3(CC2)OC(=O)N(Cc2ccccc2)C3(C)c2ccccc2)n1. The lowest BCUT2D eigenvalue weighted by atomic mass is 9.70. The second-order valence-corrected chi connectivity index (χ2v) is 9.04. The van der Waals surface area contributed by atoms with Crippen molar-refractivity contribution in [2.75, 3.05) is 13.1 Å². The maximum Gasteiger partial charge on any atom is 0.411 e. The Morgan fingerprint density at radius 2 is 1.64 bits per heavy atom. The van der Waals surface area contributed by atoms with E-state index in [4.69, 9.17) is 4.74 Å². The molecule has 2 amide bonds. The summed E-state index contributed by atoms with van der Waals surface area (Å²) in [6.45, 7) is 3.57. The number of nitrogens with zero attached hydrogens (tertiary/aromatic N) is 4. The maximum absolute atomic E-state index is 13.3. The van der Waals surface area contributed by atoms with Gasteiger partial charge in [-0.25, -0.2) is 4.79 Å². The van der Waals surface area contributed by atoms with Crippen LogP contribution in [0.25, 0.3) is 0 Å². The molecule has 33 heavy (non-hydrogen) atoms. The predicted octanol–water partition coefficient (Wildman–Crippen LogP) is 3.96. The minimum Gasteiger partial charge on any atom is -0.440 e. The van der Waals surface area contributed by atoms with E-state index in [0.717, 1.165) is 11.1 Å². The van der Waals surface area contributed by atoms with Gasteiger partial charge in [-0.3, -0.25) is 14.4 Å². The van der Waals surface area contributed by atoms with Crippen molar-refractivity contribution in [2.45, 2.75) is 37.5 Å². The van der Waals surface area contributed by atoms with E-state index in [-0.39, 0.29) is 12.0 Å². The molecule has 1 spiro atoms. The molecule has 2 aliphatic rings. The van der Waals surface area contributed by atoms with Crippen LogP contribution < -0.4 is 0 Å². The molecule has 0 bridgehead atoms. The second kappa shape index (κ2) is 8.06. The average molecular weight is 445 g/mol. The van der Waals surface area contributed by atoms with E-state index in [1.165, 1.54) is 0 Å². The largest absolute Gasteiger partial charge is 0.440 e. The fraction of sp³-hybridized carbons (Fsp3) is 0.346. The summed E-state index contributed by atoms with van der Waals surface area (Å²) in [7, 11) is 1.80. The molecule has 1 aromatic heterocycles. The van der Waals surface area contributed by atoms with Crippen molar-refractivity contribution < 1.29 is 14.3 Å². The monoisotopic (exact) mass is 444 g/mol. The Morgan fingerprint density at radius 3 is 2.24 bits per heavy atom. The molecule has 0 saturated carbocycles. The Balaban J connectivity index is 1.46. The molecule has 0 N–H and O–H groups in total. The number of rotatable bonds is 4. The van der Waals surface area contributed by atoms with Crippen molar-refractivity contribution in [1.82, 2.24) is 19.6 Å². The molecule has 7 heteroatoms. The summed E-state index contributed by atoms with van der Waals surface area (Å²) in [5.74, 6) is -0.0858. The molecule has 2 aromatic carbocycles. The van der Waals surface area contributed by atoms with Gasteiger partial charge in [0.25, 0.3) is 5.91 Å². The number of hydrogen-bond donors (Lipinski definition) is 0.